The summed E-state index contributed by atoms with van der Waals surface area (Å²) >= 11 is 0. The highest BCUT2D eigenvalue weighted by Gasteiger charge is 2.44. The predicted molar refractivity (Wildman–Crippen MR) is 94.6 cm³/mol. The van der Waals surface area contributed by atoms with E-state index in [0.29, 0.717) is 19.6 Å². The fourth-order valence-electron chi connectivity index (χ4n) is 4.10. The molecule has 0 N–H and O–H groups in total. The molecule has 2 unspecified atom stereocenters. The smallest absolute Gasteiger partial charge is 0.254 e. The zero-order valence-electron chi connectivity index (χ0n) is 15.5. The molecule has 1 aliphatic heterocycles. The number of allylic oxidation sites excluding steroid dienone is 1. The van der Waals surface area contributed by atoms with Gasteiger partial charge in [0.2, 0.25) is 0 Å². The van der Waals surface area contributed by atoms with Gasteiger partial charge >= 0.3 is 0 Å². The zero-order valence-corrected chi connectivity index (χ0v) is 15.5. The van der Waals surface area contributed by atoms with E-state index in [9.17, 15) is 17.6 Å². The lowest BCUT2D eigenvalue weighted by Crippen LogP contribution is -2.34. The minimum absolute atomic E-state index is 0.00175. The van der Waals surface area contributed by atoms with Crippen LogP contribution in [0.3, 0.4) is 0 Å². The maximum Gasteiger partial charge on any atom is 0.254 e. The van der Waals surface area contributed by atoms with Gasteiger partial charge in [-0.25, -0.2) is 17.6 Å². The van der Waals surface area contributed by atoms with Crippen LogP contribution in [0.4, 0.5) is 17.6 Å². The number of halogens is 4. The Morgan fingerprint density at radius 3 is 2.33 bits per heavy atom. The van der Waals surface area contributed by atoms with Gasteiger partial charge in [-0.1, -0.05) is 31.6 Å². The molecule has 2 atom stereocenters. The van der Waals surface area contributed by atoms with Gasteiger partial charge in [-0.05, 0) is 30.7 Å². The van der Waals surface area contributed by atoms with Crippen LogP contribution in [0, 0.1) is 23.5 Å². The summed E-state index contributed by atoms with van der Waals surface area (Å²) < 4.78 is 68.8. The summed E-state index contributed by atoms with van der Waals surface area (Å²) in [7, 11) is 0. The highest BCUT2D eigenvalue weighted by atomic mass is 19.3. The number of hydrogen-bond donors (Lipinski definition) is 0. The van der Waals surface area contributed by atoms with E-state index < -0.39 is 42.1 Å². The molecule has 1 saturated carbocycles. The molecule has 1 saturated heterocycles. The highest BCUT2D eigenvalue weighted by molar-refractivity contribution is 5.31. The van der Waals surface area contributed by atoms with Crippen molar-refractivity contribution in [3.05, 3.63) is 47.5 Å². The van der Waals surface area contributed by atoms with Crippen molar-refractivity contribution in [2.45, 2.75) is 57.2 Å². The summed E-state index contributed by atoms with van der Waals surface area (Å²) in [5, 5.41) is 0. The summed E-state index contributed by atoms with van der Waals surface area (Å²) in [5.41, 5.74) is -0.0177. The van der Waals surface area contributed by atoms with Crippen LogP contribution in [0.25, 0.3) is 0 Å². The average molecular weight is 386 g/mol. The van der Waals surface area contributed by atoms with E-state index in [2.05, 4.69) is 13.5 Å². The van der Waals surface area contributed by atoms with E-state index in [1.807, 2.05) is 0 Å². The van der Waals surface area contributed by atoms with Crippen LogP contribution in [-0.2, 0) is 9.47 Å². The quantitative estimate of drug-likeness (QED) is 0.448. The Morgan fingerprint density at radius 2 is 1.74 bits per heavy atom. The maximum atomic E-state index is 14.7. The van der Waals surface area contributed by atoms with E-state index in [1.54, 1.807) is 0 Å². The van der Waals surface area contributed by atoms with Crippen LogP contribution >= 0.6 is 0 Å². The molecule has 150 valence electrons. The van der Waals surface area contributed by atoms with Crippen LogP contribution < -0.4 is 0 Å². The number of rotatable bonds is 5. The normalized spacial score (nSPS) is 30.9. The lowest BCUT2D eigenvalue weighted by Gasteiger charge is -2.35. The molecule has 1 aliphatic carbocycles. The molecule has 0 amide bonds. The maximum absolute atomic E-state index is 14.7. The van der Waals surface area contributed by atoms with Crippen LogP contribution in [0.2, 0.25) is 0 Å². The van der Waals surface area contributed by atoms with Crippen LogP contribution in [-0.4, -0.2) is 19.1 Å². The molecular weight excluding hydrogens is 360 g/mol. The third kappa shape index (κ3) is 4.21. The molecule has 1 heterocycles. The standard InChI is InChI=1S/C21H26F4O2/c1-3-5-13-11-26-20(27-12-13)17-9-8-16(18(22)19(17)23)14-6-7-15(4-2)21(24,25)10-14/h4,8-9,13-15,20H,2-3,5-7,10-12H2,1H3. The van der Waals surface area contributed by atoms with Crippen molar-refractivity contribution < 1.29 is 27.0 Å². The largest absolute Gasteiger partial charge is 0.348 e. The van der Waals surface area contributed by atoms with Crippen LogP contribution in [0.1, 0.15) is 62.4 Å². The topological polar surface area (TPSA) is 18.5 Å². The molecule has 2 nitrogen and oxygen atoms in total. The Balaban J connectivity index is 1.75. The highest BCUT2D eigenvalue weighted by Crippen LogP contribution is 2.46. The third-order valence-corrected chi connectivity index (χ3v) is 5.67. The second-order valence-electron chi connectivity index (χ2n) is 7.61. The minimum Gasteiger partial charge on any atom is -0.348 e. The summed E-state index contributed by atoms with van der Waals surface area (Å²) in [6.45, 7) is 6.37. The minimum atomic E-state index is -2.96. The second kappa shape index (κ2) is 8.31. The first-order valence-corrected chi connectivity index (χ1v) is 9.58. The summed E-state index contributed by atoms with van der Waals surface area (Å²) in [4.78, 5) is 0. The van der Waals surface area contributed by atoms with E-state index in [4.69, 9.17) is 9.47 Å². The van der Waals surface area contributed by atoms with Gasteiger partial charge in [-0.3, -0.25) is 0 Å². The van der Waals surface area contributed by atoms with E-state index in [1.165, 1.54) is 18.2 Å². The van der Waals surface area contributed by atoms with Crippen LogP contribution in [0.5, 0.6) is 0 Å². The molecule has 2 aliphatic rings. The summed E-state index contributed by atoms with van der Waals surface area (Å²) in [6, 6.07) is 2.80. The average Bonchev–Trinajstić information content (AvgIpc) is 2.64. The zero-order chi connectivity index (χ0) is 19.6. The van der Waals surface area contributed by atoms with Crippen molar-refractivity contribution in [2.75, 3.05) is 13.2 Å². The van der Waals surface area contributed by atoms with Crippen molar-refractivity contribution in [1.82, 2.24) is 0 Å². The Labute approximate surface area is 157 Å². The lowest BCUT2D eigenvalue weighted by atomic mass is 9.76. The van der Waals surface area contributed by atoms with Crippen molar-refractivity contribution in [3.8, 4) is 0 Å². The molecule has 1 aromatic carbocycles. The summed E-state index contributed by atoms with van der Waals surface area (Å²) in [6.07, 6.45) is 2.31. The monoisotopic (exact) mass is 386 g/mol. The van der Waals surface area contributed by atoms with Crippen molar-refractivity contribution in [3.63, 3.8) is 0 Å². The second-order valence-corrected chi connectivity index (χ2v) is 7.61. The first-order chi connectivity index (χ1) is 12.9. The first-order valence-electron chi connectivity index (χ1n) is 9.58. The Morgan fingerprint density at radius 1 is 1.11 bits per heavy atom. The number of benzene rings is 1. The van der Waals surface area contributed by atoms with Gasteiger partial charge in [-0.2, -0.15) is 0 Å². The Bertz CT molecular complexity index is 668. The Hall–Kier alpha value is -1.40. The number of ether oxygens (including phenoxy) is 2. The van der Waals surface area contributed by atoms with Crippen molar-refractivity contribution >= 4 is 0 Å². The fourth-order valence-corrected chi connectivity index (χ4v) is 4.10. The molecule has 0 bridgehead atoms. The van der Waals surface area contributed by atoms with Gasteiger partial charge in [0.05, 0.1) is 13.2 Å². The van der Waals surface area contributed by atoms with E-state index in [-0.39, 0.29) is 23.5 Å². The van der Waals surface area contributed by atoms with Gasteiger partial charge in [0, 0.05) is 23.8 Å². The number of hydrogen-bond acceptors (Lipinski definition) is 2. The van der Waals surface area contributed by atoms with E-state index >= 15 is 0 Å². The van der Waals surface area contributed by atoms with Crippen LogP contribution in [0.15, 0.2) is 24.8 Å². The SMILES string of the molecule is C=CC1CCC(c2ccc(C3OCC(CCC)CO3)c(F)c2F)CC1(F)F. The van der Waals surface area contributed by atoms with Gasteiger partial charge in [-0.15, -0.1) is 6.58 Å². The molecule has 3 rings (SSSR count). The van der Waals surface area contributed by atoms with Gasteiger partial charge < -0.3 is 9.47 Å². The molecule has 2 fully saturated rings. The van der Waals surface area contributed by atoms with Crippen molar-refractivity contribution in [2.24, 2.45) is 11.8 Å². The molecule has 0 aromatic heterocycles. The number of alkyl halides is 2. The lowest BCUT2D eigenvalue weighted by molar-refractivity contribution is -0.207. The van der Waals surface area contributed by atoms with Gasteiger partial charge in [0.25, 0.3) is 5.92 Å². The Kier molecular flexibility index (Phi) is 6.26. The molecule has 27 heavy (non-hydrogen) atoms. The van der Waals surface area contributed by atoms with Gasteiger partial charge in [0.15, 0.2) is 17.9 Å². The van der Waals surface area contributed by atoms with E-state index in [0.717, 1.165) is 12.8 Å². The molecule has 0 radical (unpaired) electrons. The third-order valence-electron chi connectivity index (χ3n) is 5.67. The molecular formula is C21H26F4O2. The molecule has 0 spiro atoms. The van der Waals surface area contributed by atoms with Crippen molar-refractivity contribution in [1.29, 1.82) is 0 Å². The molecule has 1 aromatic rings. The molecule has 6 heteroatoms. The predicted octanol–water partition coefficient (Wildman–Crippen LogP) is 6.13. The summed E-state index contributed by atoms with van der Waals surface area (Å²) in [5.74, 6) is -6.49. The fraction of sp³-hybridized carbons (Fsp3) is 0.619. The first kappa shape index (κ1) is 20.3. The van der Waals surface area contributed by atoms with Gasteiger partial charge in [0.1, 0.15) is 0 Å².